The van der Waals surface area contributed by atoms with Crippen molar-refractivity contribution in [1.29, 1.82) is 0 Å². The Kier molecular flexibility index (Phi) is 3.58. The average Bonchev–Trinajstić information content (AvgIpc) is 2.07. The van der Waals surface area contributed by atoms with Crippen LogP contribution >= 0.6 is 31.9 Å². The highest BCUT2D eigenvalue weighted by atomic mass is 79.9. The van der Waals surface area contributed by atoms with Crippen molar-refractivity contribution in [2.24, 2.45) is 0 Å². The SMILES string of the molecule is Fc1c(CBr)ccc(C(F)(F)F)c1Br. The molecule has 0 aromatic heterocycles. The third kappa shape index (κ3) is 2.28. The first-order valence-corrected chi connectivity index (χ1v) is 5.39. The van der Waals surface area contributed by atoms with Crippen LogP contribution in [0.4, 0.5) is 17.6 Å². The summed E-state index contributed by atoms with van der Waals surface area (Å²) in [4.78, 5) is 0. The zero-order chi connectivity index (χ0) is 10.9. The van der Waals surface area contributed by atoms with Crippen molar-refractivity contribution < 1.29 is 17.6 Å². The second-order valence-corrected chi connectivity index (χ2v) is 3.89. The molecule has 0 fully saturated rings. The summed E-state index contributed by atoms with van der Waals surface area (Å²) in [5.41, 5.74) is -0.815. The Bertz CT molecular complexity index is 346. The van der Waals surface area contributed by atoms with Gasteiger partial charge in [0.15, 0.2) is 0 Å². The third-order valence-electron chi connectivity index (χ3n) is 1.61. The molecule has 0 unspecified atom stereocenters. The van der Waals surface area contributed by atoms with Crippen molar-refractivity contribution in [2.75, 3.05) is 0 Å². The maximum atomic E-state index is 13.2. The van der Waals surface area contributed by atoms with Crippen LogP contribution in [-0.4, -0.2) is 0 Å². The zero-order valence-electron chi connectivity index (χ0n) is 6.63. The molecule has 1 aromatic carbocycles. The van der Waals surface area contributed by atoms with Crippen molar-refractivity contribution in [1.82, 2.24) is 0 Å². The summed E-state index contributed by atoms with van der Waals surface area (Å²) in [5.74, 6) is -0.878. The third-order valence-corrected chi connectivity index (χ3v) is 2.99. The van der Waals surface area contributed by atoms with Gasteiger partial charge in [0.1, 0.15) is 5.82 Å². The van der Waals surface area contributed by atoms with Gasteiger partial charge in [-0.25, -0.2) is 4.39 Å². The van der Waals surface area contributed by atoms with E-state index in [1.807, 2.05) is 0 Å². The maximum absolute atomic E-state index is 13.2. The molecule has 0 N–H and O–H groups in total. The van der Waals surface area contributed by atoms with E-state index in [-0.39, 0.29) is 10.9 Å². The van der Waals surface area contributed by atoms with Gasteiger partial charge in [0.05, 0.1) is 10.0 Å². The van der Waals surface area contributed by atoms with Gasteiger partial charge in [0.25, 0.3) is 0 Å². The summed E-state index contributed by atoms with van der Waals surface area (Å²) in [5, 5.41) is 0.176. The molecule has 0 nitrogen and oxygen atoms in total. The standard InChI is InChI=1S/C8H4Br2F4/c9-3-4-1-2-5(8(12,13)14)6(10)7(4)11/h1-2H,3H2. The van der Waals surface area contributed by atoms with Crippen LogP contribution < -0.4 is 0 Å². The first kappa shape index (κ1) is 12.0. The van der Waals surface area contributed by atoms with E-state index < -0.39 is 22.0 Å². The molecule has 1 aromatic rings. The lowest BCUT2D eigenvalue weighted by molar-refractivity contribution is -0.138. The predicted octanol–water partition coefficient (Wildman–Crippen LogP) is 4.50. The van der Waals surface area contributed by atoms with Gasteiger partial charge in [-0.15, -0.1) is 0 Å². The molecule has 0 saturated carbocycles. The van der Waals surface area contributed by atoms with Crippen molar-refractivity contribution >= 4 is 31.9 Å². The second-order valence-electron chi connectivity index (χ2n) is 2.53. The first-order chi connectivity index (χ1) is 6.38. The molecule has 0 aliphatic carbocycles. The summed E-state index contributed by atoms with van der Waals surface area (Å²) < 4.78 is 49.4. The lowest BCUT2D eigenvalue weighted by Crippen LogP contribution is -2.07. The zero-order valence-corrected chi connectivity index (χ0v) is 9.80. The summed E-state index contributed by atoms with van der Waals surface area (Å²) >= 11 is 5.57. The van der Waals surface area contributed by atoms with Gasteiger partial charge in [-0.1, -0.05) is 22.0 Å². The lowest BCUT2D eigenvalue weighted by Gasteiger charge is -2.10. The lowest BCUT2D eigenvalue weighted by atomic mass is 10.1. The van der Waals surface area contributed by atoms with E-state index in [0.29, 0.717) is 0 Å². The molecule has 0 atom stereocenters. The molecular weight excluding hydrogens is 332 g/mol. The fraction of sp³-hybridized carbons (Fsp3) is 0.250. The van der Waals surface area contributed by atoms with Crippen LogP contribution in [0.15, 0.2) is 16.6 Å². The van der Waals surface area contributed by atoms with E-state index >= 15 is 0 Å². The van der Waals surface area contributed by atoms with Crippen molar-refractivity contribution in [3.05, 3.63) is 33.5 Å². The maximum Gasteiger partial charge on any atom is 0.417 e. The van der Waals surface area contributed by atoms with Crippen LogP contribution in [0.1, 0.15) is 11.1 Å². The Hall–Kier alpha value is -0.100. The van der Waals surface area contributed by atoms with Crippen LogP contribution in [0, 0.1) is 5.82 Å². The summed E-state index contributed by atoms with van der Waals surface area (Å²) in [7, 11) is 0. The number of benzene rings is 1. The Morgan fingerprint density at radius 3 is 2.21 bits per heavy atom. The molecule has 0 aliphatic rings. The van der Waals surface area contributed by atoms with Crippen LogP contribution in [0.2, 0.25) is 0 Å². The molecule has 0 bridgehead atoms. The number of hydrogen-bond acceptors (Lipinski definition) is 0. The van der Waals surface area contributed by atoms with Crippen molar-refractivity contribution in [3.63, 3.8) is 0 Å². The highest BCUT2D eigenvalue weighted by Gasteiger charge is 2.34. The number of halogens is 6. The summed E-state index contributed by atoms with van der Waals surface area (Å²) in [6.07, 6.45) is -4.54. The Morgan fingerprint density at radius 2 is 1.79 bits per heavy atom. The van der Waals surface area contributed by atoms with Gasteiger partial charge >= 0.3 is 6.18 Å². The van der Waals surface area contributed by atoms with E-state index in [1.165, 1.54) is 0 Å². The van der Waals surface area contributed by atoms with E-state index in [1.54, 1.807) is 0 Å². The molecule has 0 amide bonds. The average molecular weight is 336 g/mol. The molecule has 6 heteroatoms. The Morgan fingerprint density at radius 1 is 1.21 bits per heavy atom. The molecular formula is C8H4Br2F4. The molecule has 0 spiro atoms. The van der Waals surface area contributed by atoms with Gasteiger partial charge in [-0.3, -0.25) is 0 Å². The minimum atomic E-state index is -4.54. The van der Waals surface area contributed by atoms with Crippen LogP contribution in [-0.2, 0) is 11.5 Å². The normalized spacial score (nSPS) is 11.9. The molecule has 0 radical (unpaired) electrons. The molecule has 0 saturated heterocycles. The number of alkyl halides is 4. The van der Waals surface area contributed by atoms with E-state index in [9.17, 15) is 17.6 Å². The van der Waals surface area contributed by atoms with Crippen LogP contribution in [0.5, 0.6) is 0 Å². The van der Waals surface area contributed by atoms with Gasteiger partial charge in [-0.05, 0) is 27.6 Å². The minimum Gasteiger partial charge on any atom is -0.205 e. The van der Waals surface area contributed by atoms with E-state index in [2.05, 4.69) is 31.9 Å². The quantitative estimate of drug-likeness (QED) is 0.523. The van der Waals surface area contributed by atoms with Crippen LogP contribution in [0.25, 0.3) is 0 Å². The Labute approximate surface area is 94.6 Å². The van der Waals surface area contributed by atoms with E-state index in [0.717, 1.165) is 12.1 Å². The highest BCUT2D eigenvalue weighted by molar-refractivity contribution is 9.10. The summed E-state index contributed by atoms with van der Waals surface area (Å²) in [6.45, 7) is 0. The predicted molar refractivity (Wildman–Crippen MR) is 51.7 cm³/mol. The fourth-order valence-corrected chi connectivity index (χ4v) is 1.96. The Balaban J connectivity index is 3.31. The number of hydrogen-bond donors (Lipinski definition) is 0. The van der Waals surface area contributed by atoms with Crippen LogP contribution in [0.3, 0.4) is 0 Å². The molecule has 14 heavy (non-hydrogen) atoms. The van der Waals surface area contributed by atoms with Crippen molar-refractivity contribution in [3.8, 4) is 0 Å². The van der Waals surface area contributed by atoms with Gasteiger partial charge in [0.2, 0.25) is 0 Å². The monoisotopic (exact) mass is 334 g/mol. The number of rotatable bonds is 1. The highest BCUT2D eigenvalue weighted by Crippen LogP contribution is 2.37. The molecule has 1 rings (SSSR count). The van der Waals surface area contributed by atoms with Gasteiger partial charge in [-0.2, -0.15) is 13.2 Å². The van der Waals surface area contributed by atoms with E-state index in [4.69, 9.17) is 0 Å². The molecule has 0 aliphatic heterocycles. The second kappa shape index (κ2) is 4.18. The topological polar surface area (TPSA) is 0 Å². The van der Waals surface area contributed by atoms with Gasteiger partial charge < -0.3 is 0 Å². The molecule has 78 valence electrons. The smallest absolute Gasteiger partial charge is 0.205 e. The minimum absolute atomic E-state index is 0.176. The summed E-state index contributed by atoms with van der Waals surface area (Å²) in [6, 6.07) is 1.96. The molecule has 0 heterocycles. The first-order valence-electron chi connectivity index (χ1n) is 3.48. The van der Waals surface area contributed by atoms with Crippen molar-refractivity contribution in [2.45, 2.75) is 11.5 Å². The van der Waals surface area contributed by atoms with Gasteiger partial charge in [0, 0.05) is 5.33 Å². The fourth-order valence-electron chi connectivity index (χ4n) is 0.912. The largest absolute Gasteiger partial charge is 0.417 e.